The minimum atomic E-state index is -0.957. The largest absolute Gasteiger partial charge is 0.373 e. The number of aromatic nitrogens is 4. The highest BCUT2D eigenvalue weighted by Crippen LogP contribution is 2.29. The van der Waals surface area contributed by atoms with Gasteiger partial charge in [-0.05, 0) is 49.6 Å². The molecule has 0 saturated carbocycles. The van der Waals surface area contributed by atoms with E-state index in [1.165, 1.54) is 11.3 Å². The number of thiophene rings is 1. The van der Waals surface area contributed by atoms with Gasteiger partial charge in [-0.3, -0.25) is 15.3 Å². The monoisotopic (exact) mass is 406 g/mol. The van der Waals surface area contributed by atoms with E-state index in [1.807, 2.05) is 61.7 Å². The van der Waals surface area contributed by atoms with Crippen LogP contribution in [-0.2, 0) is 0 Å². The minimum Gasteiger partial charge on any atom is -0.373 e. The summed E-state index contributed by atoms with van der Waals surface area (Å²) in [5, 5.41) is 19.3. The van der Waals surface area contributed by atoms with Gasteiger partial charge in [-0.25, -0.2) is 9.97 Å². The molecule has 0 radical (unpaired) electrons. The third-order valence-electron chi connectivity index (χ3n) is 4.61. The second-order valence-corrected chi connectivity index (χ2v) is 7.65. The normalized spacial score (nSPS) is 14.4. The summed E-state index contributed by atoms with van der Waals surface area (Å²) in [6.07, 6.45) is 2.54. The summed E-state index contributed by atoms with van der Waals surface area (Å²) in [5.74, 6) is 0.454. The van der Waals surface area contributed by atoms with Crippen molar-refractivity contribution in [3.05, 3.63) is 77.3 Å². The van der Waals surface area contributed by atoms with E-state index in [9.17, 15) is 5.11 Å². The second kappa shape index (κ2) is 8.60. The zero-order valence-corrected chi connectivity index (χ0v) is 17.0. The molecule has 148 valence electrons. The Labute approximate surface area is 172 Å². The van der Waals surface area contributed by atoms with Crippen LogP contribution in [0.15, 0.2) is 60.2 Å². The molecule has 0 aliphatic heterocycles. The van der Waals surface area contributed by atoms with E-state index in [-0.39, 0.29) is 12.1 Å². The number of aliphatic hydroxyl groups excluding tert-OH is 1. The molecular formula is C21H22N6OS. The highest BCUT2D eigenvalue weighted by Gasteiger charge is 2.20. The molecule has 3 N–H and O–H groups in total. The van der Waals surface area contributed by atoms with Crippen LogP contribution < -0.4 is 10.6 Å². The first-order chi connectivity index (χ1) is 14.1. The van der Waals surface area contributed by atoms with Crippen LogP contribution in [0.3, 0.4) is 0 Å². The summed E-state index contributed by atoms with van der Waals surface area (Å²) in [5.41, 5.74) is 3.08. The number of aliphatic hydroxyl groups is 1. The lowest BCUT2D eigenvalue weighted by atomic mass is 10.2. The van der Waals surface area contributed by atoms with Crippen molar-refractivity contribution in [3.63, 3.8) is 0 Å². The Morgan fingerprint density at radius 1 is 0.897 bits per heavy atom. The highest BCUT2D eigenvalue weighted by molar-refractivity contribution is 7.17. The van der Waals surface area contributed by atoms with Crippen molar-refractivity contribution in [1.29, 1.82) is 0 Å². The van der Waals surface area contributed by atoms with E-state index < -0.39 is 6.23 Å². The first-order valence-corrected chi connectivity index (χ1v) is 10.3. The topological polar surface area (TPSA) is 95.9 Å². The Hall–Kier alpha value is -2.94. The van der Waals surface area contributed by atoms with Gasteiger partial charge in [0.05, 0.1) is 27.6 Å². The smallest absolute Gasteiger partial charge is 0.224 e. The van der Waals surface area contributed by atoms with Crippen molar-refractivity contribution < 1.29 is 5.11 Å². The number of hydrogen-bond acceptors (Lipinski definition) is 8. The van der Waals surface area contributed by atoms with Gasteiger partial charge in [-0.1, -0.05) is 12.1 Å². The summed E-state index contributed by atoms with van der Waals surface area (Å²) in [7, 11) is 0. The van der Waals surface area contributed by atoms with E-state index in [2.05, 4.69) is 30.6 Å². The van der Waals surface area contributed by atoms with Gasteiger partial charge >= 0.3 is 0 Å². The van der Waals surface area contributed by atoms with E-state index >= 15 is 0 Å². The first-order valence-electron chi connectivity index (χ1n) is 9.39. The summed E-state index contributed by atoms with van der Waals surface area (Å²) >= 11 is 1.51. The molecule has 0 amide bonds. The fourth-order valence-corrected chi connectivity index (χ4v) is 3.91. The Kier molecular flexibility index (Phi) is 5.75. The van der Waals surface area contributed by atoms with Crippen molar-refractivity contribution in [2.45, 2.75) is 32.2 Å². The summed E-state index contributed by atoms with van der Waals surface area (Å²) in [6, 6.07) is 13.2. The minimum absolute atomic E-state index is 0.0716. The Balaban J connectivity index is 1.59. The number of fused-ring (bicyclic) bond motifs is 1. The molecule has 0 fully saturated rings. The van der Waals surface area contributed by atoms with Crippen LogP contribution in [0.2, 0.25) is 0 Å². The molecule has 1 unspecified atom stereocenters. The van der Waals surface area contributed by atoms with Crippen LogP contribution in [0.1, 0.15) is 49.2 Å². The van der Waals surface area contributed by atoms with E-state index in [1.54, 1.807) is 12.4 Å². The maximum atomic E-state index is 10.9. The van der Waals surface area contributed by atoms with Crippen molar-refractivity contribution in [2.24, 2.45) is 0 Å². The molecule has 8 heteroatoms. The molecule has 4 aromatic heterocycles. The fraction of sp³-hybridized carbons (Fsp3) is 0.238. The van der Waals surface area contributed by atoms with E-state index in [4.69, 9.17) is 0 Å². The number of rotatable bonds is 7. The predicted octanol–water partition coefficient (Wildman–Crippen LogP) is 4.00. The van der Waals surface area contributed by atoms with Crippen LogP contribution in [0, 0.1) is 0 Å². The number of hydrogen-bond donors (Lipinski definition) is 3. The van der Waals surface area contributed by atoms with E-state index in [0.29, 0.717) is 11.6 Å². The average Bonchev–Trinajstić information content (AvgIpc) is 3.23. The summed E-state index contributed by atoms with van der Waals surface area (Å²) < 4.78 is 0.856. The van der Waals surface area contributed by atoms with Gasteiger partial charge in [0.15, 0.2) is 0 Å². The molecule has 0 bridgehead atoms. The zero-order chi connectivity index (χ0) is 20.2. The number of nitrogens with zero attached hydrogens (tertiary/aromatic N) is 4. The Morgan fingerprint density at radius 3 is 2.24 bits per heavy atom. The van der Waals surface area contributed by atoms with Gasteiger partial charge in [0, 0.05) is 18.4 Å². The summed E-state index contributed by atoms with van der Waals surface area (Å²) in [4.78, 5) is 17.9. The standard InChI is InChI=1S/C21H22N6OS/c1-13(15-7-3-5-10-22-15)24-20(28)18-19-17(9-12-29-19)26-21(27-18)25-14(2)16-8-4-6-11-23-16/h3-14,20,24,28H,1-2H3,(H,25,26,27)/t13-,14-,20?/m0/s1. The van der Waals surface area contributed by atoms with Crippen LogP contribution in [0.5, 0.6) is 0 Å². The highest BCUT2D eigenvalue weighted by atomic mass is 32.1. The summed E-state index contributed by atoms with van der Waals surface area (Å²) in [6.45, 7) is 3.96. The average molecular weight is 407 g/mol. The lowest BCUT2D eigenvalue weighted by molar-refractivity contribution is 0.123. The molecule has 0 saturated heterocycles. The van der Waals surface area contributed by atoms with Crippen LogP contribution in [-0.4, -0.2) is 25.0 Å². The van der Waals surface area contributed by atoms with E-state index in [0.717, 1.165) is 21.6 Å². The van der Waals surface area contributed by atoms with Gasteiger partial charge < -0.3 is 10.4 Å². The molecule has 0 aromatic carbocycles. The predicted molar refractivity (Wildman–Crippen MR) is 114 cm³/mol. The van der Waals surface area contributed by atoms with Crippen LogP contribution >= 0.6 is 11.3 Å². The lowest BCUT2D eigenvalue weighted by Gasteiger charge is -2.20. The van der Waals surface area contributed by atoms with Gasteiger partial charge in [-0.2, -0.15) is 0 Å². The third-order valence-corrected chi connectivity index (χ3v) is 5.53. The maximum absolute atomic E-state index is 10.9. The molecule has 4 heterocycles. The molecule has 29 heavy (non-hydrogen) atoms. The molecule has 4 rings (SSSR count). The zero-order valence-electron chi connectivity index (χ0n) is 16.1. The molecule has 0 spiro atoms. The number of anilines is 1. The van der Waals surface area contributed by atoms with Crippen molar-refractivity contribution >= 4 is 27.5 Å². The van der Waals surface area contributed by atoms with Gasteiger partial charge in [-0.15, -0.1) is 11.3 Å². The molecule has 7 nitrogen and oxygen atoms in total. The van der Waals surface area contributed by atoms with Crippen LogP contribution in [0.4, 0.5) is 5.95 Å². The molecule has 0 aliphatic carbocycles. The van der Waals surface area contributed by atoms with Crippen molar-refractivity contribution in [1.82, 2.24) is 25.3 Å². The Bertz CT molecular complexity index is 1070. The van der Waals surface area contributed by atoms with Gasteiger partial charge in [0.25, 0.3) is 0 Å². The number of pyridine rings is 2. The Morgan fingerprint density at radius 2 is 1.59 bits per heavy atom. The van der Waals surface area contributed by atoms with Gasteiger partial charge in [0.1, 0.15) is 11.9 Å². The van der Waals surface area contributed by atoms with Crippen molar-refractivity contribution in [2.75, 3.05) is 5.32 Å². The quantitative estimate of drug-likeness (QED) is 0.399. The molecule has 0 aliphatic rings. The second-order valence-electron chi connectivity index (χ2n) is 6.73. The maximum Gasteiger partial charge on any atom is 0.224 e. The van der Waals surface area contributed by atoms with Crippen molar-refractivity contribution in [3.8, 4) is 0 Å². The lowest BCUT2D eigenvalue weighted by Crippen LogP contribution is -2.26. The molecule has 4 aromatic rings. The van der Waals surface area contributed by atoms with Crippen LogP contribution in [0.25, 0.3) is 10.2 Å². The SMILES string of the molecule is C[C@H](Nc1nc(C(O)N[C@@H](C)c2ccccn2)c2sccc2n1)c1ccccn1. The number of nitrogens with one attached hydrogen (secondary N) is 2. The third kappa shape index (κ3) is 4.40. The fourth-order valence-electron chi connectivity index (χ4n) is 3.07. The first kappa shape index (κ1) is 19.4. The molecule has 3 atom stereocenters. The molecular weight excluding hydrogens is 384 g/mol. The van der Waals surface area contributed by atoms with Gasteiger partial charge in [0.2, 0.25) is 5.95 Å².